The van der Waals surface area contributed by atoms with Crippen LogP contribution in [0, 0.1) is 10.8 Å². The van der Waals surface area contributed by atoms with Gasteiger partial charge in [0, 0.05) is 18.8 Å². The predicted octanol–water partition coefficient (Wildman–Crippen LogP) is 2.99. The highest BCUT2D eigenvalue weighted by Gasteiger charge is 2.39. The Hall–Kier alpha value is -0.790. The van der Waals surface area contributed by atoms with Crippen molar-refractivity contribution in [2.45, 2.75) is 46.5 Å². The molecule has 0 bridgehead atoms. The second-order valence-corrected chi connectivity index (χ2v) is 6.25. The van der Waals surface area contributed by atoms with E-state index in [1.165, 1.54) is 18.5 Å². The summed E-state index contributed by atoms with van der Waals surface area (Å²) in [6.07, 6.45) is 8.15. The van der Waals surface area contributed by atoms with Gasteiger partial charge in [-0.25, -0.2) is 0 Å². The van der Waals surface area contributed by atoms with Crippen LogP contribution in [0.5, 0.6) is 0 Å². The molecule has 1 saturated heterocycles. The molecule has 1 unspecified atom stereocenters. The number of hydrogen-bond donors (Lipinski definition) is 0. The van der Waals surface area contributed by atoms with Gasteiger partial charge in [-0.2, -0.15) is 0 Å². The van der Waals surface area contributed by atoms with Crippen molar-refractivity contribution in [3.63, 3.8) is 0 Å². The standard InChI is InChI=1S/C14H23NO/c1-13(2)6-7-14(3,11-16)12(10-13)15-8-4-5-9-15/h10-11H,4-9H2,1-3H3. The Kier molecular flexibility index (Phi) is 2.85. The molecule has 2 heteroatoms. The van der Waals surface area contributed by atoms with Crippen LogP contribution in [0.2, 0.25) is 0 Å². The summed E-state index contributed by atoms with van der Waals surface area (Å²) in [5.74, 6) is 0. The number of carbonyl (C=O) groups excluding carboxylic acids is 1. The van der Waals surface area contributed by atoms with Crippen LogP contribution >= 0.6 is 0 Å². The lowest BCUT2D eigenvalue weighted by atomic mass is 9.69. The Morgan fingerprint density at radius 2 is 1.81 bits per heavy atom. The van der Waals surface area contributed by atoms with Gasteiger partial charge in [0.2, 0.25) is 0 Å². The van der Waals surface area contributed by atoms with Gasteiger partial charge in [-0.1, -0.05) is 19.9 Å². The molecule has 1 fully saturated rings. The van der Waals surface area contributed by atoms with Gasteiger partial charge in [0.1, 0.15) is 6.29 Å². The summed E-state index contributed by atoms with van der Waals surface area (Å²) in [7, 11) is 0. The van der Waals surface area contributed by atoms with Gasteiger partial charge >= 0.3 is 0 Å². The van der Waals surface area contributed by atoms with E-state index in [-0.39, 0.29) is 10.8 Å². The van der Waals surface area contributed by atoms with Gasteiger partial charge in [0.25, 0.3) is 0 Å². The number of carbonyl (C=O) groups is 1. The van der Waals surface area contributed by atoms with Gasteiger partial charge in [-0.3, -0.25) is 0 Å². The fourth-order valence-electron chi connectivity index (χ4n) is 2.85. The molecule has 90 valence electrons. The molecule has 0 aromatic carbocycles. The van der Waals surface area contributed by atoms with Crippen molar-refractivity contribution in [2.75, 3.05) is 13.1 Å². The summed E-state index contributed by atoms with van der Waals surface area (Å²) in [5.41, 5.74) is 1.30. The Balaban J connectivity index is 2.33. The van der Waals surface area contributed by atoms with E-state index >= 15 is 0 Å². The van der Waals surface area contributed by atoms with Crippen molar-refractivity contribution in [1.29, 1.82) is 0 Å². The van der Waals surface area contributed by atoms with Crippen LogP contribution < -0.4 is 0 Å². The largest absolute Gasteiger partial charge is 0.374 e. The monoisotopic (exact) mass is 221 g/mol. The van der Waals surface area contributed by atoms with E-state index in [2.05, 4.69) is 31.7 Å². The second-order valence-electron chi connectivity index (χ2n) is 6.25. The Labute approximate surface area is 98.7 Å². The summed E-state index contributed by atoms with van der Waals surface area (Å²) in [4.78, 5) is 13.8. The van der Waals surface area contributed by atoms with Crippen molar-refractivity contribution in [3.8, 4) is 0 Å². The number of rotatable bonds is 2. The molecule has 2 rings (SSSR count). The second kappa shape index (κ2) is 3.90. The van der Waals surface area contributed by atoms with E-state index in [0.717, 1.165) is 32.2 Å². The van der Waals surface area contributed by atoms with Gasteiger partial charge < -0.3 is 9.69 Å². The molecule has 0 spiro atoms. The molecular formula is C14H23NO. The van der Waals surface area contributed by atoms with Gasteiger partial charge in [-0.05, 0) is 38.0 Å². The molecule has 1 atom stereocenters. The van der Waals surface area contributed by atoms with Crippen LogP contribution in [0.3, 0.4) is 0 Å². The van der Waals surface area contributed by atoms with Gasteiger partial charge in [0.05, 0.1) is 5.41 Å². The lowest BCUT2D eigenvalue weighted by Gasteiger charge is -2.41. The van der Waals surface area contributed by atoms with Crippen molar-refractivity contribution in [3.05, 3.63) is 11.8 Å². The zero-order valence-electron chi connectivity index (χ0n) is 10.8. The van der Waals surface area contributed by atoms with Crippen LogP contribution in [-0.2, 0) is 4.79 Å². The van der Waals surface area contributed by atoms with E-state index in [1.807, 2.05) is 0 Å². The molecule has 2 nitrogen and oxygen atoms in total. The van der Waals surface area contributed by atoms with Gasteiger partial charge in [0.15, 0.2) is 0 Å². The highest BCUT2D eigenvalue weighted by molar-refractivity contribution is 5.65. The lowest BCUT2D eigenvalue weighted by molar-refractivity contribution is -0.115. The minimum atomic E-state index is -0.236. The molecule has 0 aromatic heterocycles. The zero-order valence-corrected chi connectivity index (χ0v) is 10.8. The lowest BCUT2D eigenvalue weighted by Crippen LogP contribution is -2.38. The number of likely N-dealkylation sites (tertiary alicyclic amines) is 1. The fourth-order valence-corrected chi connectivity index (χ4v) is 2.85. The third-order valence-electron chi connectivity index (χ3n) is 4.11. The first-order chi connectivity index (χ1) is 7.47. The summed E-state index contributed by atoms with van der Waals surface area (Å²) in [6, 6.07) is 0. The first kappa shape index (κ1) is 11.7. The van der Waals surface area contributed by atoms with E-state index in [9.17, 15) is 4.79 Å². The normalized spacial score (nSPS) is 33.7. The van der Waals surface area contributed by atoms with Crippen LogP contribution in [0.25, 0.3) is 0 Å². The Morgan fingerprint density at radius 1 is 1.19 bits per heavy atom. The molecule has 16 heavy (non-hydrogen) atoms. The maximum atomic E-state index is 11.4. The molecule has 2 aliphatic rings. The van der Waals surface area contributed by atoms with Crippen LogP contribution in [0.4, 0.5) is 0 Å². The van der Waals surface area contributed by atoms with E-state index in [4.69, 9.17) is 0 Å². The first-order valence-electron chi connectivity index (χ1n) is 6.41. The summed E-state index contributed by atoms with van der Waals surface area (Å²) >= 11 is 0. The Morgan fingerprint density at radius 3 is 2.38 bits per heavy atom. The molecule has 0 N–H and O–H groups in total. The number of hydrogen-bond acceptors (Lipinski definition) is 2. The van der Waals surface area contributed by atoms with E-state index < -0.39 is 0 Å². The minimum absolute atomic E-state index is 0.236. The maximum absolute atomic E-state index is 11.4. The highest BCUT2D eigenvalue weighted by atomic mass is 16.1. The average Bonchev–Trinajstić information content (AvgIpc) is 2.75. The average molecular weight is 221 g/mol. The molecule has 1 aliphatic carbocycles. The maximum Gasteiger partial charge on any atom is 0.131 e. The molecule has 1 aliphatic heterocycles. The van der Waals surface area contributed by atoms with E-state index in [1.54, 1.807) is 0 Å². The molecule has 1 heterocycles. The number of allylic oxidation sites excluding steroid dienone is 2. The molecule has 0 radical (unpaired) electrons. The summed E-state index contributed by atoms with van der Waals surface area (Å²) in [6.45, 7) is 8.90. The van der Waals surface area contributed by atoms with Gasteiger partial charge in [-0.15, -0.1) is 0 Å². The summed E-state index contributed by atoms with van der Waals surface area (Å²) in [5, 5.41) is 0. The molecular weight excluding hydrogens is 198 g/mol. The minimum Gasteiger partial charge on any atom is -0.374 e. The topological polar surface area (TPSA) is 20.3 Å². The van der Waals surface area contributed by atoms with Crippen molar-refractivity contribution in [1.82, 2.24) is 4.90 Å². The fraction of sp³-hybridized carbons (Fsp3) is 0.786. The van der Waals surface area contributed by atoms with Crippen LogP contribution in [0.15, 0.2) is 11.8 Å². The molecule has 0 amide bonds. The van der Waals surface area contributed by atoms with Crippen molar-refractivity contribution < 1.29 is 4.79 Å². The Bertz CT molecular complexity index is 313. The highest BCUT2D eigenvalue weighted by Crippen LogP contribution is 2.45. The quantitative estimate of drug-likeness (QED) is 0.668. The zero-order chi connectivity index (χ0) is 11.8. The third-order valence-corrected chi connectivity index (χ3v) is 4.11. The van der Waals surface area contributed by atoms with Crippen molar-refractivity contribution >= 4 is 6.29 Å². The smallest absolute Gasteiger partial charge is 0.131 e. The SMILES string of the molecule is CC1(C)C=C(N2CCCC2)C(C)(C=O)CC1. The number of aldehydes is 1. The first-order valence-corrected chi connectivity index (χ1v) is 6.41. The van der Waals surface area contributed by atoms with Crippen molar-refractivity contribution in [2.24, 2.45) is 10.8 Å². The molecule has 0 saturated carbocycles. The van der Waals surface area contributed by atoms with E-state index in [0.29, 0.717) is 0 Å². The third kappa shape index (κ3) is 2.02. The van der Waals surface area contributed by atoms with Crippen LogP contribution in [-0.4, -0.2) is 24.3 Å². The molecule has 0 aromatic rings. The predicted molar refractivity (Wildman–Crippen MR) is 66.1 cm³/mol. The number of nitrogens with zero attached hydrogens (tertiary/aromatic N) is 1. The summed E-state index contributed by atoms with van der Waals surface area (Å²) < 4.78 is 0. The van der Waals surface area contributed by atoms with Crippen LogP contribution in [0.1, 0.15) is 46.5 Å².